The SMILES string of the molecule is CCc1nnsc1C(=O)N[C@@H](C)c1cc(OC)ccc1OC. The predicted molar refractivity (Wildman–Crippen MR) is 84.7 cm³/mol. The number of methoxy groups -OCH3 is 2. The van der Waals surface area contributed by atoms with Crippen LogP contribution in [0.15, 0.2) is 18.2 Å². The molecule has 1 heterocycles. The van der Waals surface area contributed by atoms with E-state index in [1.807, 2.05) is 32.0 Å². The highest BCUT2D eigenvalue weighted by Crippen LogP contribution is 2.29. The van der Waals surface area contributed by atoms with E-state index in [0.29, 0.717) is 28.5 Å². The van der Waals surface area contributed by atoms with Crippen molar-refractivity contribution in [2.75, 3.05) is 14.2 Å². The Bertz CT molecular complexity index is 657. The van der Waals surface area contributed by atoms with Crippen LogP contribution in [-0.2, 0) is 6.42 Å². The lowest BCUT2D eigenvalue weighted by molar-refractivity contribution is 0.0942. The fourth-order valence-electron chi connectivity index (χ4n) is 2.13. The molecule has 0 aliphatic heterocycles. The molecule has 0 saturated carbocycles. The Morgan fingerprint density at radius 1 is 1.36 bits per heavy atom. The number of hydrogen-bond donors (Lipinski definition) is 1. The minimum atomic E-state index is -0.232. The summed E-state index contributed by atoms with van der Waals surface area (Å²) in [5.74, 6) is 1.24. The molecule has 0 aliphatic carbocycles. The Morgan fingerprint density at radius 2 is 2.14 bits per heavy atom. The van der Waals surface area contributed by atoms with Gasteiger partial charge in [0.15, 0.2) is 0 Å². The lowest BCUT2D eigenvalue weighted by atomic mass is 10.1. The van der Waals surface area contributed by atoms with Crippen molar-refractivity contribution in [1.82, 2.24) is 14.9 Å². The van der Waals surface area contributed by atoms with Crippen LogP contribution in [0.5, 0.6) is 11.5 Å². The fraction of sp³-hybridized carbons (Fsp3) is 0.400. The van der Waals surface area contributed by atoms with E-state index in [1.54, 1.807) is 14.2 Å². The predicted octanol–water partition coefficient (Wildman–Crippen LogP) is 2.61. The average Bonchev–Trinajstić information content (AvgIpc) is 3.02. The molecular weight excluding hydrogens is 302 g/mol. The second-order valence-electron chi connectivity index (χ2n) is 4.71. The highest BCUT2D eigenvalue weighted by atomic mass is 32.1. The van der Waals surface area contributed by atoms with Gasteiger partial charge in [0.05, 0.1) is 26.0 Å². The highest BCUT2D eigenvalue weighted by molar-refractivity contribution is 7.08. The van der Waals surface area contributed by atoms with Crippen molar-refractivity contribution in [3.63, 3.8) is 0 Å². The first kappa shape index (κ1) is 16.2. The smallest absolute Gasteiger partial charge is 0.265 e. The van der Waals surface area contributed by atoms with Gasteiger partial charge in [-0.3, -0.25) is 4.79 Å². The maximum absolute atomic E-state index is 12.4. The Labute approximate surface area is 133 Å². The first-order chi connectivity index (χ1) is 10.6. The molecule has 0 aliphatic rings. The summed E-state index contributed by atoms with van der Waals surface area (Å²) in [6.07, 6.45) is 0.677. The van der Waals surface area contributed by atoms with E-state index < -0.39 is 0 Å². The van der Waals surface area contributed by atoms with E-state index in [2.05, 4.69) is 14.9 Å². The summed E-state index contributed by atoms with van der Waals surface area (Å²) in [6, 6.07) is 5.27. The summed E-state index contributed by atoms with van der Waals surface area (Å²) in [7, 11) is 3.20. The summed E-state index contributed by atoms with van der Waals surface area (Å²) in [5, 5.41) is 6.92. The van der Waals surface area contributed by atoms with Gasteiger partial charge in [-0.05, 0) is 43.1 Å². The zero-order chi connectivity index (χ0) is 16.1. The molecule has 0 spiro atoms. The summed E-state index contributed by atoms with van der Waals surface area (Å²) in [6.45, 7) is 3.84. The van der Waals surface area contributed by atoms with Crippen LogP contribution in [0.1, 0.15) is 40.8 Å². The van der Waals surface area contributed by atoms with Gasteiger partial charge < -0.3 is 14.8 Å². The normalized spacial score (nSPS) is 11.8. The number of carbonyl (C=O) groups is 1. The molecule has 6 nitrogen and oxygen atoms in total. The van der Waals surface area contributed by atoms with Gasteiger partial charge in [0.1, 0.15) is 16.4 Å². The molecule has 22 heavy (non-hydrogen) atoms. The molecule has 1 aromatic carbocycles. The van der Waals surface area contributed by atoms with Gasteiger partial charge >= 0.3 is 0 Å². The van der Waals surface area contributed by atoms with Crippen LogP contribution in [0.25, 0.3) is 0 Å². The van der Waals surface area contributed by atoms with Crippen molar-refractivity contribution >= 4 is 17.4 Å². The Morgan fingerprint density at radius 3 is 2.77 bits per heavy atom. The van der Waals surface area contributed by atoms with E-state index in [-0.39, 0.29) is 11.9 Å². The zero-order valence-corrected chi connectivity index (χ0v) is 13.9. The fourth-order valence-corrected chi connectivity index (χ4v) is 2.78. The van der Waals surface area contributed by atoms with Crippen molar-refractivity contribution < 1.29 is 14.3 Å². The topological polar surface area (TPSA) is 73.3 Å². The van der Waals surface area contributed by atoms with Gasteiger partial charge in [0.2, 0.25) is 0 Å². The van der Waals surface area contributed by atoms with Crippen LogP contribution >= 0.6 is 11.5 Å². The van der Waals surface area contributed by atoms with Crippen molar-refractivity contribution in [3.05, 3.63) is 34.3 Å². The summed E-state index contributed by atoms with van der Waals surface area (Å²) in [4.78, 5) is 12.9. The second kappa shape index (κ2) is 7.22. The van der Waals surface area contributed by atoms with Crippen LogP contribution < -0.4 is 14.8 Å². The molecule has 118 valence electrons. The minimum Gasteiger partial charge on any atom is -0.497 e. The van der Waals surface area contributed by atoms with E-state index in [0.717, 1.165) is 17.1 Å². The maximum Gasteiger partial charge on any atom is 0.265 e. The van der Waals surface area contributed by atoms with E-state index in [4.69, 9.17) is 9.47 Å². The third kappa shape index (κ3) is 3.36. The first-order valence-electron chi connectivity index (χ1n) is 6.94. The van der Waals surface area contributed by atoms with E-state index in [9.17, 15) is 4.79 Å². The number of aromatic nitrogens is 2. The molecule has 1 aromatic heterocycles. The van der Waals surface area contributed by atoms with Gasteiger partial charge in [-0.2, -0.15) is 0 Å². The molecular formula is C15H19N3O3S. The minimum absolute atomic E-state index is 0.177. The molecule has 0 unspecified atom stereocenters. The maximum atomic E-state index is 12.4. The first-order valence-corrected chi connectivity index (χ1v) is 7.72. The third-order valence-electron chi connectivity index (χ3n) is 3.35. The van der Waals surface area contributed by atoms with Crippen LogP contribution in [0, 0.1) is 0 Å². The zero-order valence-electron chi connectivity index (χ0n) is 13.0. The highest BCUT2D eigenvalue weighted by Gasteiger charge is 2.20. The number of nitrogens with one attached hydrogen (secondary N) is 1. The monoisotopic (exact) mass is 321 g/mol. The van der Waals surface area contributed by atoms with Crippen molar-refractivity contribution in [3.8, 4) is 11.5 Å². The largest absolute Gasteiger partial charge is 0.497 e. The molecule has 0 fully saturated rings. The molecule has 0 radical (unpaired) electrons. The van der Waals surface area contributed by atoms with Gasteiger partial charge in [-0.1, -0.05) is 11.4 Å². The Kier molecular flexibility index (Phi) is 5.32. The summed E-state index contributed by atoms with van der Waals surface area (Å²) >= 11 is 1.11. The second-order valence-corrected chi connectivity index (χ2v) is 5.46. The van der Waals surface area contributed by atoms with Gasteiger partial charge in [-0.15, -0.1) is 5.10 Å². The average molecular weight is 321 g/mol. The number of hydrogen-bond acceptors (Lipinski definition) is 6. The van der Waals surface area contributed by atoms with Crippen molar-refractivity contribution in [2.45, 2.75) is 26.3 Å². The number of benzene rings is 1. The summed E-state index contributed by atoms with van der Waals surface area (Å²) in [5.41, 5.74) is 1.57. The van der Waals surface area contributed by atoms with Crippen molar-refractivity contribution in [1.29, 1.82) is 0 Å². The number of carbonyl (C=O) groups excluding carboxylic acids is 1. The van der Waals surface area contributed by atoms with Crippen molar-refractivity contribution in [2.24, 2.45) is 0 Å². The molecule has 1 amide bonds. The van der Waals surface area contributed by atoms with E-state index in [1.165, 1.54) is 0 Å². The standard InChI is InChI=1S/C15H19N3O3S/c1-5-12-14(22-18-17-12)15(19)16-9(2)11-8-10(20-3)6-7-13(11)21-4/h6-9H,5H2,1-4H3,(H,16,19)/t9-/m0/s1. The molecule has 1 atom stereocenters. The number of aryl methyl sites for hydroxylation is 1. The number of nitrogens with zero attached hydrogens (tertiary/aromatic N) is 2. The van der Waals surface area contributed by atoms with Gasteiger partial charge in [0.25, 0.3) is 5.91 Å². The molecule has 1 N–H and O–H groups in total. The number of rotatable bonds is 6. The van der Waals surface area contributed by atoms with Crippen LogP contribution in [0.2, 0.25) is 0 Å². The lowest BCUT2D eigenvalue weighted by Crippen LogP contribution is -2.27. The van der Waals surface area contributed by atoms with Gasteiger partial charge in [-0.25, -0.2) is 0 Å². The van der Waals surface area contributed by atoms with Gasteiger partial charge in [0, 0.05) is 5.56 Å². The third-order valence-corrected chi connectivity index (χ3v) is 4.11. The molecule has 0 bridgehead atoms. The quantitative estimate of drug-likeness (QED) is 0.885. The van der Waals surface area contributed by atoms with Crippen LogP contribution in [0.3, 0.4) is 0 Å². The molecule has 0 saturated heterocycles. The van der Waals surface area contributed by atoms with Crippen LogP contribution in [-0.4, -0.2) is 29.7 Å². The Hall–Kier alpha value is -2.15. The molecule has 2 aromatic rings. The van der Waals surface area contributed by atoms with Crippen LogP contribution in [0.4, 0.5) is 0 Å². The number of amides is 1. The molecule has 7 heteroatoms. The lowest BCUT2D eigenvalue weighted by Gasteiger charge is -2.18. The number of ether oxygens (including phenoxy) is 2. The summed E-state index contributed by atoms with van der Waals surface area (Å²) < 4.78 is 14.4. The molecule has 2 rings (SSSR count). The van der Waals surface area contributed by atoms with E-state index >= 15 is 0 Å². The Balaban J connectivity index is 2.21.